The molecule has 1 aromatic carbocycles. The van der Waals surface area contributed by atoms with Crippen LogP contribution >= 0.6 is 0 Å². The zero-order chi connectivity index (χ0) is 15.2. The minimum atomic E-state index is -0.988. The molecule has 0 aromatic heterocycles. The lowest BCUT2D eigenvalue weighted by molar-refractivity contribution is -0.127. The fourth-order valence-electron chi connectivity index (χ4n) is 1.84. The van der Waals surface area contributed by atoms with Crippen molar-refractivity contribution in [3.63, 3.8) is 0 Å². The van der Waals surface area contributed by atoms with Gasteiger partial charge in [0.1, 0.15) is 5.41 Å². The van der Waals surface area contributed by atoms with Gasteiger partial charge in [0, 0.05) is 6.54 Å². The van der Waals surface area contributed by atoms with Gasteiger partial charge in [-0.2, -0.15) is 0 Å². The molecule has 0 heterocycles. The summed E-state index contributed by atoms with van der Waals surface area (Å²) in [4.78, 5) is 12.2. The molecule has 0 saturated carbocycles. The standard InChI is InChI=1S/C15H23N3O2/c1-4-11-6-8-12(9-7-11)10-17-14(19)15(3,5-2)13(16)18-20/h6-9,20H,4-5,10H2,1-3H3,(H2,16,18)(H,17,19). The first-order valence-electron chi connectivity index (χ1n) is 6.82. The van der Waals surface area contributed by atoms with Gasteiger partial charge in [-0.15, -0.1) is 0 Å². The molecule has 4 N–H and O–H groups in total. The first-order chi connectivity index (χ1) is 9.47. The summed E-state index contributed by atoms with van der Waals surface area (Å²) >= 11 is 0. The molecule has 1 atom stereocenters. The SMILES string of the molecule is CCc1ccc(CNC(=O)C(C)(CC)/C(N)=N/O)cc1. The van der Waals surface area contributed by atoms with E-state index in [0.29, 0.717) is 13.0 Å². The highest BCUT2D eigenvalue weighted by atomic mass is 16.4. The molecule has 0 saturated heterocycles. The zero-order valence-electron chi connectivity index (χ0n) is 12.3. The summed E-state index contributed by atoms with van der Waals surface area (Å²) in [5.74, 6) is -0.311. The normalized spacial score (nSPS) is 14.7. The van der Waals surface area contributed by atoms with Crippen LogP contribution in [-0.2, 0) is 17.8 Å². The maximum Gasteiger partial charge on any atom is 0.233 e. The number of carbonyl (C=O) groups is 1. The fraction of sp³-hybridized carbons (Fsp3) is 0.467. The number of hydrogen-bond donors (Lipinski definition) is 3. The van der Waals surface area contributed by atoms with E-state index in [4.69, 9.17) is 10.9 Å². The van der Waals surface area contributed by atoms with Gasteiger partial charge in [0.15, 0.2) is 5.84 Å². The second-order valence-corrected chi connectivity index (χ2v) is 5.02. The molecular formula is C15H23N3O2. The Balaban J connectivity index is 2.70. The predicted octanol–water partition coefficient (Wildman–Crippen LogP) is 2.03. The van der Waals surface area contributed by atoms with Crippen molar-refractivity contribution in [3.05, 3.63) is 35.4 Å². The van der Waals surface area contributed by atoms with Crippen molar-refractivity contribution < 1.29 is 10.0 Å². The highest BCUT2D eigenvalue weighted by Crippen LogP contribution is 2.21. The topological polar surface area (TPSA) is 87.7 Å². The predicted molar refractivity (Wildman–Crippen MR) is 79.5 cm³/mol. The number of nitrogens with two attached hydrogens (primary N) is 1. The first-order valence-corrected chi connectivity index (χ1v) is 6.82. The van der Waals surface area contributed by atoms with Gasteiger partial charge < -0.3 is 16.3 Å². The van der Waals surface area contributed by atoms with Gasteiger partial charge in [-0.1, -0.05) is 43.3 Å². The molecule has 0 aliphatic rings. The van der Waals surface area contributed by atoms with Crippen LogP contribution in [0.15, 0.2) is 29.4 Å². The molecule has 5 nitrogen and oxygen atoms in total. The van der Waals surface area contributed by atoms with Crippen LogP contribution in [0.5, 0.6) is 0 Å². The van der Waals surface area contributed by atoms with Gasteiger partial charge >= 0.3 is 0 Å². The molecule has 0 aliphatic heterocycles. The second-order valence-electron chi connectivity index (χ2n) is 5.02. The van der Waals surface area contributed by atoms with E-state index in [2.05, 4.69) is 17.4 Å². The summed E-state index contributed by atoms with van der Waals surface area (Å²) in [6, 6.07) is 8.08. The third-order valence-corrected chi connectivity index (χ3v) is 3.77. The fourth-order valence-corrected chi connectivity index (χ4v) is 1.84. The number of rotatable bonds is 6. The third-order valence-electron chi connectivity index (χ3n) is 3.77. The van der Waals surface area contributed by atoms with E-state index in [0.717, 1.165) is 12.0 Å². The molecule has 1 aromatic rings. The van der Waals surface area contributed by atoms with Gasteiger partial charge in [0.25, 0.3) is 0 Å². The van der Waals surface area contributed by atoms with Gasteiger partial charge in [-0.3, -0.25) is 4.79 Å². The molecule has 0 spiro atoms. The number of aryl methyl sites for hydroxylation is 1. The number of nitrogens with one attached hydrogen (secondary N) is 1. The number of amides is 1. The summed E-state index contributed by atoms with van der Waals surface area (Å²) in [7, 11) is 0. The van der Waals surface area contributed by atoms with Crippen LogP contribution in [0.2, 0.25) is 0 Å². The van der Waals surface area contributed by atoms with Gasteiger partial charge in [0.2, 0.25) is 5.91 Å². The lowest BCUT2D eigenvalue weighted by Gasteiger charge is -2.25. The quantitative estimate of drug-likeness (QED) is 0.322. The Labute approximate surface area is 119 Å². The molecule has 5 heteroatoms. The Hall–Kier alpha value is -2.04. The maximum atomic E-state index is 12.2. The summed E-state index contributed by atoms with van der Waals surface area (Å²) in [5, 5.41) is 14.6. The molecule has 20 heavy (non-hydrogen) atoms. The van der Waals surface area contributed by atoms with Crippen molar-refractivity contribution in [2.45, 2.75) is 40.2 Å². The Morgan fingerprint density at radius 2 is 1.85 bits per heavy atom. The third kappa shape index (κ3) is 3.50. The van der Waals surface area contributed by atoms with Crippen LogP contribution in [0.4, 0.5) is 0 Å². The van der Waals surface area contributed by atoms with E-state index in [-0.39, 0.29) is 11.7 Å². The van der Waals surface area contributed by atoms with Crippen molar-refractivity contribution in [2.24, 2.45) is 16.3 Å². The van der Waals surface area contributed by atoms with Crippen LogP contribution in [0.1, 0.15) is 38.3 Å². The van der Waals surface area contributed by atoms with E-state index in [9.17, 15) is 4.79 Å². The average Bonchev–Trinajstić information content (AvgIpc) is 2.51. The average molecular weight is 277 g/mol. The van der Waals surface area contributed by atoms with Gasteiger partial charge in [-0.25, -0.2) is 0 Å². The zero-order valence-corrected chi connectivity index (χ0v) is 12.3. The minimum Gasteiger partial charge on any atom is -0.409 e. The Bertz CT molecular complexity index is 482. The Morgan fingerprint density at radius 1 is 1.30 bits per heavy atom. The molecule has 0 fully saturated rings. The number of oxime groups is 1. The summed E-state index contributed by atoms with van der Waals surface area (Å²) < 4.78 is 0. The molecule has 0 bridgehead atoms. The maximum absolute atomic E-state index is 12.2. The van der Waals surface area contributed by atoms with Crippen molar-refractivity contribution >= 4 is 11.7 Å². The summed E-state index contributed by atoms with van der Waals surface area (Å²) in [6.07, 6.45) is 1.45. The highest BCUT2D eigenvalue weighted by Gasteiger charge is 2.36. The number of carbonyl (C=O) groups excluding carboxylic acids is 1. The Kier molecular flexibility index (Phi) is 5.55. The van der Waals surface area contributed by atoms with Gasteiger partial charge in [0.05, 0.1) is 0 Å². The molecule has 1 unspecified atom stereocenters. The largest absolute Gasteiger partial charge is 0.409 e. The molecule has 0 aliphatic carbocycles. The Morgan fingerprint density at radius 3 is 2.30 bits per heavy atom. The van der Waals surface area contributed by atoms with Crippen LogP contribution in [0, 0.1) is 5.41 Å². The lowest BCUT2D eigenvalue weighted by Crippen LogP contribution is -2.47. The number of hydrogen-bond acceptors (Lipinski definition) is 3. The van der Waals surface area contributed by atoms with Crippen molar-refractivity contribution in [1.82, 2.24) is 5.32 Å². The smallest absolute Gasteiger partial charge is 0.233 e. The van der Waals surface area contributed by atoms with E-state index in [1.165, 1.54) is 5.56 Å². The first kappa shape index (κ1) is 16.0. The lowest BCUT2D eigenvalue weighted by atomic mass is 9.85. The van der Waals surface area contributed by atoms with E-state index in [1.807, 2.05) is 31.2 Å². The van der Waals surface area contributed by atoms with Crippen LogP contribution in [-0.4, -0.2) is 17.0 Å². The monoisotopic (exact) mass is 277 g/mol. The minimum absolute atomic E-state index is 0.0705. The number of benzene rings is 1. The second kappa shape index (κ2) is 6.93. The van der Waals surface area contributed by atoms with Crippen molar-refractivity contribution in [2.75, 3.05) is 0 Å². The van der Waals surface area contributed by atoms with Crippen molar-refractivity contribution in [3.8, 4) is 0 Å². The van der Waals surface area contributed by atoms with E-state index >= 15 is 0 Å². The van der Waals surface area contributed by atoms with E-state index < -0.39 is 5.41 Å². The van der Waals surface area contributed by atoms with Crippen LogP contribution < -0.4 is 11.1 Å². The van der Waals surface area contributed by atoms with Crippen LogP contribution in [0.3, 0.4) is 0 Å². The van der Waals surface area contributed by atoms with E-state index in [1.54, 1.807) is 6.92 Å². The van der Waals surface area contributed by atoms with Gasteiger partial charge in [-0.05, 0) is 30.9 Å². The van der Waals surface area contributed by atoms with Crippen molar-refractivity contribution in [1.29, 1.82) is 0 Å². The van der Waals surface area contributed by atoms with Crippen LogP contribution in [0.25, 0.3) is 0 Å². The molecule has 1 rings (SSSR count). The molecule has 1 amide bonds. The number of nitrogens with zero attached hydrogens (tertiary/aromatic N) is 1. The molecular weight excluding hydrogens is 254 g/mol. The summed E-state index contributed by atoms with van der Waals surface area (Å²) in [5.41, 5.74) is 6.90. The summed E-state index contributed by atoms with van der Waals surface area (Å²) in [6.45, 7) is 6.02. The highest BCUT2D eigenvalue weighted by molar-refractivity contribution is 6.06. The molecule has 0 radical (unpaired) electrons. The number of amidine groups is 1. The molecule has 110 valence electrons.